The second-order valence-corrected chi connectivity index (χ2v) is 6.65. The number of amides is 1. The van der Waals surface area contributed by atoms with Crippen LogP contribution in [0, 0.1) is 10.1 Å². The third kappa shape index (κ3) is 6.16. The van der Waals surface area contributed by atoms with Crippen LogP contribution in [0.3, 0.4) is 0 Å². The normalized spacial score (nSPS) is 10.2. The van der Waals surface area contributed by atoms with Crippen molar-refractivity contribution in [3.05, 3.63) is 57.0 Å². The van der Waals surface area contributed by atoms with Gasteiger partial charge in [-0.1, -0.05) is 24.7 Å². The van der Waals surface area contributed by atoms with E-state index in [0.717, 1.165) is 12.8 Å². The first-order valence-electron chi connectivity index (χ1n) is 8.39. The minimum atomic E-state index is -0.821. The summed E-state index contributed by atoms with van der Waals surface area (Å²) in [5.41, 5.74) is 0.776. The first-order valence-corrected chi connectivity index (χ1v) is 9.20. The van der Waals surface area contributed by atoms with E-state index in [2.05, 4.69) is 5.32 Å². The molecule has 0 radical (unpaired) electrons. The van der Waals surface area contributed by atoms with Gasteiger partial charge in [0.1, 0.15) is 4.88 Å². The molecule has 0 bridgehead atoms. The highest BCUT2D eigenvalue weighted by Crippen LogP contribution is 2.24. The quantitative estimate of drug-likeness (QED) is 0.293. The van der Waals surface area contributed by atoms with Gasteiger partial charge in [0.25, 0.3) is 5.91 Å². The molecule has 1 N–H and O–H groups in total. The second kappa shape index (κ2) is 10.2. The van der Waals surface area contributed by atoms with Crippen LogP contribution >= 0.6 is 11.3 Å². The molecule has 1 aromatic heterocycles. The second-order valence-electron chi connectivity index (χ2n) is 5.59. The summed E-state index contributed by atoms with van der Waals surface area (Å²) in [6, 6.07) is 8.54. The zero-order valence-corrected chi connectivity index (χ0v) is 15.8. The average molecular weight is 406 g/mol. The predicted molar refractivity (Wildman–Crippen MR) is 102 cm³/mol. The van der Waals surface area contributed by atoms with Gasteiger partial charge in [-0.2, -0.15) is 0 Å². The molecule has 0 unspecified atom stereocenters. The third-order valence-corrected chi connectivity index (χ3v) is 4.46. The van der Waals surface area contributed by atoms with Gasteiger partial charge in [-0.3, -0.25) is 14.9 Å². The van der Waals surface area contributed by atoms with Gasteiger partial charge in [0.05, 0.1) is 17.1 Å². The molecule has 148 valence electrons. The van der Waals surface area contributed by atoms with E-state index in [1.165, 1.54) is 36.4 Å². The SMILES string of the molecule is CCCCOC(=O)c1ccc(NC(=O)COC(=O)c2ccc([N+](=O)[O-])s2)cc1. The highest BCUT2D eigenvalue weighted by molar-refractivity contribution is 7.17. The van der Waals surface area contributed by atoms with Crippen LogP contribution in [0.25, 0.3) is 0 Å². The van der Waals surface area contributed by atoms with Crippen molar-refractivity contribution >= 4 is 39.9 Å². The molecular formula is C18H18N2O7S. The summed E-state index contributed by atoms with van der Waals surface area (Å²) in [6.07, 6.45) is 1.71. The summed E-state index contributed by atoms with van der Waals surface area (Å²) in [4.78, 5) is 45.5. The van der Waals surface area contributed by atoms with Crippen LogP contribution in [0.2, 0.25) is 0 Å². The molecule has 2 aromatic rings. The highest BCUT2D eigenvalue weighted by atomic mass is 32.1. The number of thiophene rings is 1. The molecule has 2 rings (SSSR count). The lowest BCUT2D eigenvalue weighted by Gasteiger charge is -2.07. The number of nitrogens with one attached hydrogen (secondary N) is 1. The van der Waals surface area contributed by atoms with Crippen molar-refractivity contribution in [3.63, 3.8) is 0 Å². The van der Waals surface area contributed by atoms with Crippen molar-refractivity contribution in [2.24, 2.45) is 0 Å². The molecule has 0 aliphatic heterocycles. The molecule has 1 heterocycles. The Kier molecular flexibility index (Phi) is 7.64. The Morgan fingerprint density at radius 2 is 1.79 bits per heavy atom. The number of esters is 2. The average Bonchev–Trinajstić information content (AvgIpc) is 3.17. The molecule has 1 aromatic carbocycles. The molecule has 10 heteroatoms. The molecular weight excluding hydrogens is 388 g/mol. The fourth-order valence-corrected chi connectivity index (χ4v) is 2.73. The van der Waals surface area contributed by atoms with E-state index in [4.69, 9.17) is 9.47 Å². The van der Waals surface area contributed by atoms with Crippen LogP contribution in [0.15, 0.2) is 36.4 Å². The van der Waals surface area contributed by atoms with E-state index in [-0.39, 0.29) is 9.88 Å². The van der Waals surface area contributed by atoms with Gasteiger partial charge < -0.3 is 14.8 Å². The molecule has 0 atom stereocenters. The number of anilines is 1. The molecule has 0 aliphatic rings. The van der Waals surface area contributed by atoms with E-state index >= 15 is 0 Å². The topological polar surface area (TPSA) is 125 Å². The summed E-state index contributed by atoms with van der Waals surface area (Å²) in [5.74, 6) is -1.85. The number of carbonyl (C=O) groups excluding carboxylic acids is 3. The van der Waals surface area contributed by atoms with E-state index in [0.29, 0.717) is 29.2 Å². The Balaban J connectivity index is 1.81. The van der Waals surface area contributed by atoms with Crippen molar-refractivity contribution < 1.29 is 28.8 Å². The number of hydrogen-bond acceptors (Lipinski definition) is 8. The number of ether oxygens (including phenoxy) is 2. The maximum Gasteiger partial charge on any atom is 0.349 e. The van der Waals surface area contributed by atoms with Gasteiger partial charge in [0, 0.05) is 11.8 Å². The maximum atomic E-state index is 11.9. The molecule has 0 aliphatic carbocycles. The van der Waals surface area contributed by atoms with Gasteiger partial charge in [0.15, 0.2) is 6.61 Å². The Labute approximate surface area is 164 Å². The van der Waals surface area contributed by atoms with Crippen LogP contribution in [-0.2, 0) is 14.3 Å². The van der Waals surface area contributed by atoms with Gasteiger partial charge in [0.2, 0.25) is 0 Å². The van der Waals surface area contributed by atoms with Crippen molar-refractivity contribution in [2.45, 2.75) is 19.8 Å². The number of unbranched alkanes of at least 4 members (excludes halogenated alkanes) is 1. The van der Waals surface area contributed by atoms with E-state index in [9.17, 15) is 24.5 Å². The van der Waals surface area contributed by atoms with E-state index < -0.39 is 29.4 Å². The molecule has 0 fully saturated rings. The van der Waals surface area contributed by atoms with Gasteiger partial charge >= 0.3 is 16.9 Å². The Hall–Kier alpha value is -3.27. The maximum absolute atomic E-state index is 11.9. The Bertz CT molecular complexity index is 861. The summed E-state index contributed by atoms with van der Waals surface area (Å²) in [6.45, 7) is 1.80. The first kappa shape index (κ1) is 21.0. The molecule has 0 saturated heterocycles. The number of nitro groups is 1. The zero-order chi connectivity index (χ0) is 20.5. The zero-order valence-electron chi connectivity index (χ0n) is 15.0. The number of carbonyl (C=O) groups is 3. The van der Waals surface area contributed by atoms with Crippen molar-refractivity contribution in [2.75, 3.05) is 18.5 Å². The molecule has 1 amide bonds. The first-order chi connectivity index (χ1) is 13.4. The smallest absolute Gasteiger partial charge is 0.349 e. The molecule has 28 heavy (non-hydrogen) atoms. The fourth-order valence-electron chi connectivity index (χ4n) is 2.02. The standard InChI is InChI=1S/C18H18N2O7S/c1-2-3-10-26-17(22)12-4-6-13(7-5-12)19-15(21)11-27-18(23)14-8-9-16(28-14)20(24)25/h4-9H,2-3,10-11H2,1H3,(H,19,21). The van der Waals surface area contributed by atoms with Crippen molar-refractivity contribution in [1.82, 2.24) is 0 Å². The van der Waals surface area contributed by atoms with Gasteiger partial charge in [-0.15, -0.1) is 0 Å². The van der Waals surface area contributed by atoms with Crippen LogP contribution in [-0.4, -0.2) is 36.0 Å². The van der Waals surface area contributed by atoms with Crippen LogP contribution in [0.4, 0.5) is 10.7 Å². The van der Waals surface area contributed by atoms with E-state index in [1.54, 1.807) is 0 Å². The molecule has 9 nitrogen and oxygen atoms in total. The summed E-state index contributed by atoms with van der Waals surface area (Å²) < 4.78 is 9.92. The number of rotatable bonds is 9. The largest absolute Gasteiger partial charge is 0.462 e. The summed E-state index contributed by atoms with van der Waals surface area (Å²) in [7, 11) is 0. The van der Waals surface area contributed by atoms with Crippen LogP contribution < -0.4 is 5.32 Å². The van der Waals surface area contributed by atoms with Crippen LogP contribution in [0.1, 0.15) is 39.8 Å². The third-order valence-electron chi connectivity index (χ3n) is 3.44. The van der Waals surface area contributed by atoms with Gasteiger partial charge in [-0.25, -0.2) is 9.59 Å². The summed E-state index contributed by atoms with van der Waals surface area (Å²) in [5, 5.41) is 12.9. The monoisotopic (exact) mass is 406 g/mol. The summed E-state index contributed by atoms with van der Waals surface area (Å²) >= 11 is 0.667. The fraction of sp³-hybridized carbons (Fsp3) is 0.278. The number of hydrogen-bond donors (Lipinski definition) is 1. The number of benzene rings is 1. The minimum Gasteiger partial charge on any atom is -0.462 e. The molecule has 0 spiro atoms. The van der Waals surface area contributed by atoms with Crippen molar-refractivity contribution in [1.29, 1.82) is 0 Å². The van der Waals surface area contributed by atoms with Crippen molar-refractivity contribution in [3.8, 4) is 0 Å². The Morgan fingerprint density at radius 3 is 2.39 bits per heavy atom. The lowest BCUT2D eigenvalue weighted by molar-refractivity contribution is -0.380. The predicted octanol–water partition coefficient (Wildman–Crippen LogP) is 3.41. The van der Waals surface area contributed by atoms with Gasteiger partial charge in [-0.05, 0) is 36.8 Å². The number of nitrogens with zero attached hydrogens (tertiary/aromatic N) is 1. The lowest BCUT2D eigenvalue weighted by Crippen LogP contribution is -2.20. The minimum absolute atomic E-state index is 0.0328. The van der Waals surface area contributed by atoms with Crippen LogP contribution in [0.5, 0.6) is 0 Å². The molecule has 0 saturated carbocycles. The Morgan fingerprint density at radius 1 is 1.07 bits per heavy atom. The van der Waals surface area contributed by atoms with E-state index in [1.807, 2.05) is 6.92 Å². The highest BCUT2D eigenvalue weighted by Gasteiger charge is 2.17. The lowest BCUT2D eigenvalue weighted by atomic mass is 10.2.